The first-order chi connectivity index (χ1) is 7.45. The van der Waals surface area contributed by atoms with Crippen molar-refractivity contribution in [3.05, 3.63) is 23.0 Å². The Morgan fingerprint density at radius 3 is 3.27 bits per heavy atom. The Morgan fingerprint density at radius 2 is 2.53 bits per heavy atom. The van der Waals surface area contributed by atoms with Gasteiger partial charge in [-0.05, 0) is 24.4 Å². The predicted octanol–water partition coefficient (Wildman–Crippen LogP) is 1.54. The van der Waals surface area contributed by atoms with Gasteiger partial charge in [-0.25, -0.2) is 4.68 Å². The second-order valence-corrected chi connectivity index (χ2v) is 4.50. The van der Waals surface area contributed by atoms with Crippen molar-refractivity contribution in [2.45, 2.75) is 12.5 Å². The Bertz CT molecular complexity index is 428. The highest BCUT2D eigenvalue weighted by atomic mass is 32.1. The summed E-state index contributed by atoms with van der Waals surface area (Å²) in [4.78, 5) is 0. The van der Waals surface area contributed by atoms with E-state index in [-0.39, 0.29) is 0 Å². The molecule has 15 heavy (non-hydrogen) atoms. The fourth-order valence-electron chi connectivity index (χ4n) is 1.98. The van der Waals surface area contributed by atoms with Crippen LogP contribution < -0.4 is 5.32 Å². The van der Waals surface area contributed by atoms with Crippen molar-refractivity contribution in [3.63, 3.8) is 0 Å². The van der Waals surface area contributed by atoms with Gasteiger partial charge in [0, 0.05) is 17.5 Å². The molecule has 0 saturated carbocycles. The molecule has 1 unspecified atom stereocenters. The normalized spacial score (nSPS) is 20.9. The van der Waals surface area contributed by atoms with E-state index in [1.54, 1.807) is 11.3 Å². The Kier molecular flexibility index (Phi) is 2.26. The lowest BCUT2D eigenvalue weighted by Crippen LogP contribution is -2.15. The van der Waals surface area contributed by atoms with E-state index in [9.17, 15) is 0 Å². The van der Waals surface area contributed by atoms with Crippen LogP contribution in [0.4, 0.5) is 0 Å². The fraction of sp³-hybridized carbons (Fsp3) is 0.400. The van der Waals surface area contributed by atoms with Crippen LogP contribution in [-0.4, -0.2) is 28.1 Å². The molecule has 1 aliphatic rings. The highest BCUT2D eigenvalue weighted by molar-refractivity contribution is 7.08. The first-order valence-corrected chi connectivity index (χ1v) is 6.03. The van der Waals surface area contributed by atoms with Crippen LogP contribution in [0.1, 0.15) is 12.5 Å². The van der Waals surface area contributed by atoms with E-state index < -0.39 is 0 Å². The van der Waals surface area contributed by atoms with Gasteiger partial charge >= 0.3 is 0 Å². The second kappa shape index (κ2) is 3.75. The minimum Gasteiger partial charge on any atom is -0.315 e. The number of rotatable bonds is 2. The highest BCUT2D eigenvalue weighted by Gasteiger charge is 2.20. The van der Waals surface area contributed by atoms with Crippen molar-refractivity contribution in [2.75, 3.05) is 13.1 Å². The third-order valence-electron chi connectivity index (χ3n) is 2.77. The van der Waals surface area contributed by atoms with E-state index in [0.717, 1.165) is 25.2 Å². The van der Waals surface area contributed by atoms with Gasteiger partial charge in [0.05, 0.1) is 17.9 Å². The number of aromatic nitrogens is 3. The molecular weight excluding hydrogens is 208 g/mol. The average molecular weight is 220 g/mol. The molecule has 0 aromatic carbocycles. The van der Waals surface area contributed by atoms with E-state index in [1.165, 1.54) is 5.56 Å². The van der Waals surface area contributed by atoms with Crippen molar-refractivity contribution < 1.29 is 0 Å². The lowest BCUT2D eigenvalue weighted by molar-refractivity contribution is 0.481. The molecule has 1 N–H and O–H groups in total. The van der Waals surface area contributed by atoms with Crippen LogP contribution in [0.5, 0.6) is 0 Å². The first kappa shape index (κ1) is 9.06. The molecule has 3 rings (SSSR count). The number of nitrogens with zero attached hydrogens (tertiary/aromatic N) is 3. The molecule has 1 aliphatic heterocycles. The maximum Gasteiger partial charge on any atom is 0.0897 e. The van der Waals surface area contributed by atoms with Crippen LogP contribution in [-0.2, 0) is 0 Å². The zero-order valence-electron chi connectivity index (χ0n) is 8.26. The fourth-order valence-corrected chi connectivity index (χ4v) is 2.63. The van der Waals surface area contributed by atoms with Gasteiger partial charge < -0.3 is 5.32 Å². The molecule has 0 amide bonds. The van der Waals surface area contributed by atoms with Gasteiger partial charge in [-0.2, -0.15) is 11.3 Å². The van der Waals surface area contributed by atoms with E-state index in [1.807, 2.05) is 10.9 Å². The molecule has 78 valence electrons. The van der Waals surface area contributed by atoms with Crippen LogP contribution in [0, 0.1) is 0 Å². The van der Waals surface area contributed by atoms with Gasteiger partial charge in [0.15, 0.2) is 0 Å². The summed E-state index contributed by atoms with van der Waals surface area (Å²) in [5, 5.41) is 15.8. The number of hydrogen-bond acceptors (Lipinski definition) is 4. The second-order valence-electron chi connectivity index (χ2n) is 3.72. The molecule has 0 radical (unpaired) electrons. The van der Waals surface area contributed by atoms with Crippen LogP contribution in [0.15, 0.2) is 23.0 Å². The first-order valence-electron chi connectivity index (χ1n) is 5.08. The summed E-state index contributed by atoms with van der Waals surface area (Å²) in [7, 11) is 0. The minimum absolute atomic E-state index is 0.461. The molecule has 1 atom stereocenters. The van der Waals surface area contributed by atoms with Crippen molar-refractivity contribution >= 4 is 11.3 Å². The zero-order valence-corrected chi connectivity index (χ0v) is 9.07. The Morgan fingerprint density at radius 1 is 1.53 bits per heavy atom. The molecule has 2 aromatic heterocycles. The molecule has 0 spiro atoms. The lowest BCUT2D eigenvalue weighted by Gasteiger charge is -2.11. The zero-order chi connectivity index (χ0) is 10.1. The van der Waals surface area contributed by atoms with Crippen molar-refractivity contribution in [2.24, 2.45) is 0 Å². The maximum atomic E-state index is 4.19. The molecule has 1 fully saturated rings. The third kappa shape index (κ3) is 1.57. The van der Waals surface area contributed by atoms with Crippen molar-refractivity contribution in [3.8, 4) is 11.3 Å². The van der Waals surface area contributed by atoms with Crippen LogP contribution in [0.2, 0.25) is 0 Å². The van der Waals surface area contributed by atoms with Gasteiger partial charge in [0.1, 0.15) is 0 Å². The SMILES string of the molecule is c1cc(-c2cnnn2C2CCNC2)cs1. The van der Waals surface area contributed by atoms with Crippen molar-refractivity contribution in [1.29, 1.82) is 0 Å². The number of hydrogen-bond donors (Lipinski definition) is 1. The molecule has 5 heteroatoms. The summed E-state index contributed by atoms with van der Waals surface area (Å²) < 4.78 is 2.04. The average Bonchev–Trinajstić information content (AvgIpc) is 3.01. The molecule has 3 heterocycles. The standard InChI is InChI=1S/C10H12N4S/c1-3-11-5-9(1)14-10(6-12-13-14)8-2-4-15-7-8/h2,4,6-7,9,11H,1,3,5H2. The monoisotopic (exact) mass is 220 g/mol. The Hall–Kier alpha value is -1.20. The summed E-state index contributed by atoms with van der Waals surface area (Å²) in [6, 6.07) is 2.57. The number of thiophene rings is 1. The predicted molar refractivity (Wildman–Crippen MR) is 59.9 cm³/mol. The lowest BCUT2D eigenvalue weighted by atomic mass is 10.2. The van der Waals surface area contributed by atoms with Gasteiger partial charge in [0.25, 0.3) is 0 Å². The Labute approximate surface area is 91.9 Å². The van der Waals surface area contributed by atoms with Crippen LogP contribution >= 0.6 is 11.3 Å². The van der Waals surface area contributed by atoms with Gasteiger partial charge in [-0.1, -0.05) is 5.21 Å². The maximum absolute atomic E-state index is 4.19. The quantitative estimate of drug-likeness (QED) is 0.835. The summed E-state index contributed by atoms with van der Waals surface area (Å²) in [5.41, 5.74) is 2.35. The summed E-state index contributed by atoms with van der Waals surface area (Å²) >= 11 is 1.70. The smallest absolute Gasteiger partial charge is 0.0897 e. The minimum atomic E-state index is 0.461. The van der Waals surface area contributed by atoms with Crippen LogP contribution in [0.3, 0.4) is 0 Å². The third-order valence-corrected chi connectivity index (χ3v) is 3.46. The van der Waals surface area contributed by atoms with E-state index >= 15 is 0 Å². The van der Waals surface area contributed by atoms with Gasteiger partial charge in [0.2, 0.25) is 0 Å². The van der Waals surface area contributed by atoms with Gasteiger partial charge in [-0.15, -0.1) is 5.10 Å². The van der Waals surface area contributed by atoms with E-state index in [4.69, 9.17) is 0 Å². The van der Waals surface area contributed by atoms with E-state index in [2.05, 4.69) is 32.5 Å². The number of nitrogens with one attached hydrogen (secondary N) is 1. The van der Waals surface area contributed by atoms with Crippen molar-refractivity contribution in [1.82, 2.24) is 20.3 Å². The Balaban J connectivity index is 1.98. The molecule has 2 aromatic rings. The topological polar surface area (TPSA) is 42.7 Å². The van der Waals surface area contributed by atoms with Gasteiger partial charge in [-0.3, -0.25) is 0 Å². The summed E-state index contributed by atoms with van der Waals surface area (Å²) in [6.45, 7) is 2.08. The molecule has 1 saturated heterocycles. The molecule has 0 aliphatic carbocycles. The highest BCUT2D eigenvalue weighted by Crippen LogP contribution is 2.25. The molecular formula is C10H12N4S. The summed E-state index contributed by atoms with van der Waals surface area (Å²) in [5.74, 6) is 0. The largest absolute Gasteiger partial charge is 0.315 e. The van der Waals surface area contributed by atoms with Crippen LogP contribution in [0.25, 0.3) is 11.3 Å². The van der Waals surface area contributed by atoms with E-state index in [0.29, 0.717) is 6.04 Å². The molecule has 4 nitrogen and oxygen atoms in total. The molecule has 0 bridgehead atoms. The summed E-state index contributed by atoms with van der Waals surface area (Å²) in [6.07, 6.45) is 2.99.